The lowest BCUT2D eigenvalue weighted by Gasteiger charge is -2.34. The summed E-state index contributed by atoms with van der Waals surface area (Å²) in [7, 11) is 3.40. The van der Waals surface area contributed by atoms with Gasteiger partial charge in [0.2, 0.25) is 0 Å². The van der Waals surface area contributed by atoms with E-state index < -0.39 is 0 Å². The van der Waals surface area contributed by atoms with E-state index in [2.05, 4.69) is 15.0 Å². The van der Waals surface area contributed by atoms with Crippen LogP contribution in [0.2, 0.25) is 5.02 Å². The zero-order chi connectivity index (χ0) is 17.1. The van der Waals surface area contributed by atoms with E-state index in [0.717, 1.165) is 0 Å². The van der Waals surface area contributed by atoms with Gasteiger partial charge in [0, 0.05) is 45.8 Å². The summed E-state index contributed by atoms with van der Waals surface area (Å²) < 4.78 is 7.65. The molecule has 7 nitrogen and oxygen atoms in total. The molecule has 1 amide bonds. The van der Waals surface area contributed by atoms with Crippen molar-refractivity contribution >= 4 is 23.3 Å². The molecule has 1 aliphatic heterocycles. The number of halogens is 1. The van der Waals surface area contributed by atoms with Gasteiger partial charge in [-0.05, 0) is 12.1 Å². The number of carbonyl (C=O) groups excluding carboxylic acids is 1. The van der Waals surface area contributed by atoms with E-state index in [4.69, 9.17) is 16.3 Å². The molecule has 0 N–H and O–H groups in total. The highest BCUT2D eigenvalue weighted by Gasteiger charge is 2.24. The summed E-state index contributed by atoms with van der Waals surface area (Å²) in [6.45, 7) is 2.66. The molecule has 128 valence electrons. The van der Waals surface area contributed by atoms with Gasteiger partial charge < -0.3 is 14.5 Å². The maximum absolute atomic E-state index is 12.0. The van der Waals surface area contributed by atoms with Crippen molar-refractivity contribution in [1.82, 2.24) is 19.7 Å². The molecule has 1 fully saturated rings. The number of anilines is 1. The van der Waals surface area contributed by atoms with Crippen LogP contribution in [0.3, 0.4) is 0 Å². The molecule has 1 aliphatic rings. The van der Waals surface area contributed by atoms with Gasteiger partial charge in [0.15, 0.2) is 0 Å². The number of carbonyl (C=O) groups is 1. The van der Waals surface area contributed by atoms with Gasteiger partial charge in [-0.3, -0.25) is 9.48 Å². The van der Waals surface area contributed by atoms with Gasteiger partial charge in [-0.15, -0.1) is 0 Å². The highest BCUT2D eigenvalue weighted by Crippen LogP contribution is 2.26. The number of hydrogen-bond donors (Lipinski definition) is 0. The Balaban J connectivity index is 1.72. The fraction of sp³-hybridized carbons (Fsp3) is 0.438. The molecule has 3 heterocycles. The highest BCUT2D eigenvalue weighted by molar-refractivity contribution is 6.33. The molecule has 0 bridgehead atoms. The van der Waals surface area contributed by atoms with Gasteiger partial charge in [-0.25, -0.2) is 4.98 Å². The van der Waals surface area contributed by atoms with E-state index >= 15 is 0 Å². The molecule has 1 unspecified atom stereocenters. The van der Waals surface area contributed by atoms with Crippen LogP contribution in [0, 0.1) is 0 Å². The minimum absolute atomic E-state index is 0.0135. The van der Waals surface area contributed by atoms with Crippen molar-refractivity contribution in [3.8, 4) is 0 Å². The lowest BCUT2D eigenvalue weighted by atomic mass is 10.2. The number of morpholine rings is 1. The molecule has 1 atom stereocenters. The van der Waals surface area contributed by atoms with Gasteiger partial charge >= 0.3 is 0 Å². The van der Waals surface area contributed by atoms with E-state index in [1.165, 1.54) is 4.90 Å². The predicted molar refractivity (Wildman–Crippen MR) is 91.4 cm³/mol. The minimum Gasteiger partial charge on any atom is -0.373 e. The van der Waals surface area contributed by atoms with Gasteiger partial charge in [0.05, 0.1) is 29.8 Å². The SMILES string of the molecule is CN(C)C(=O)c1cnc(N2CCOC(Cn3cccn3)C2)c(Cl)c1. The second-order valence-electron chi connectivity index (χ2n) is 5.90. The molecule has 0 spiro atoms. The molecule has 0 saturated carbocycles. The van der Waals surface area contributed by atoms with Gasteiger partial charge in [-0.2, -0.15) is 5.10 Å². The Kier molecular flexibility index (Phi) is 5.01. The zero-order valence-electron chi connectivity index (χ0n) is 13.7. The first-order valence-electron chi connectivity index (χ1n) is 7.76. The first-order chi connectivity index (χ1) is 11.5. The number of amides is 1. The molecule has 2 aromatic rings. The summed E-state index contributed by atoms with van der Waals surface area (Å²) >= 11 is 6.37. The van der Waals surface area contributed by atoms with Crippen molar-refractivity contribution in [2.75, 3.05) is 38.7 Å². The lowest BCUT2D eigenvalue weighted by molar-refractivity contribution is 0.0272. The second kappa shape index (κ2) is 7.19. The molecule has 8 heteroatoms. The molecular formula is C16H20ClN5O2. The minimum atomic E-state index is -0.116. The molecular weight excluding hydrogens is 330 g/mol. The third-order valence-electron chi connectivity index (χ3n) is 3.86. The summed E-state index contributed by atoms with van der Waals surface area (Å²) in [6, 6.07) is 3.56. The Morgan fingerprint density at radius 2 is 2.33 bits per heavy atom. The second-order valence-corrected chi connectivity index (χ2v) is 6.30. The van der Waals surface area contributed by atoms with E-state index in [-0.39, 0.29) is 12.0 Å². The van der Waals surface area contributed by atoms with E-state index in [1.807, 2.05) is 16.9 Å². The van der Waals surface area contributed by atoms with Crippen LogP contribution >= 0.6 is 11.6 Å². The predicted octanol–water partition coefficient (Wildman–Crippen LogP) is 1.54. The van der Waals surface area contributed by atoms with Gasteiger partial charge in [-0.1, -0.05) is 11.6 Å². The van der Waals surface area contributed by atoms with Crippen molar-refractivity contribution in [3.05, 3.63) is 41.3 Å². The average Bonchev–Trinajstić information content (AvgIpc) is 3.07. The van der Waals surface area contributed by atoms with Crippen LogP contribution in [-0.4, -0.2) is 65.5 Å². The third-order valence-corrected chi connectivity index (χ3v) is 4.14. The van der Waals surface area contributed by atoms with E-state index in [0.29, 0.717) is 42.6 Å². The highest BCUT2D eigenvalue weighted by atomic mass is 35.5. The monoisotopic (exact) mass is 349 g/mol. The van der Waals surface area contributed by atoms with E-state index in [9.17, 15) is 4.79 Å². The quantitative estimate of drug-likeness (QED) is 0.837. The Bertz CT molecular complexity index is 704. The smallest absolute Gasteiger partial charge is 0.254 e. The van der Waals surface area contributed by atoms with Crippen LogP contribution < -0.4 is 4.90 Å². The molecule has 3 rings (SSSR count). The Morgan fingerprint density at radius 3 is 3.00 bits per heavy atom. The molecule has 0 radical (unpaired) electrons. The lowest BCUT2D eigenvalue weighted by Crippen LogP contribution is -2.44. The fourth-order valence-electron chi connectivity index (χ4n) is 2.68. The number of aromatic nitrogens is 3. The van der Waals surface area contributed by atoms with Crippen LogP contribution in [0.4, 0.5) is 5.82 Å². The zero-order valence-corrected chi connectivity index (χ0v) is 14.5. The topological polar surface area (TPSA) is 63.5 Å². The first kappa shape index (κ1) is 16.7. The summed E-state index contributed by atoms with van der Waals surface area (Å²) in [5.74, 6) is 0.565. The van der Waals surface area contributed by atoms with Gasteiger partial charge in [0.25, 0.3) is 5.91 Å². The number of pyridine rings is 1. The number of nitrogens with zero attached hydrogens (tertiary/aromatic N) is 5. The number of hydrogen-bond acceptors (Lipinski definition) is 5. The Hall–Kier alpha value is -2.12. The molecule has 24 heavy (non-hydrogen) atoms. The first-order valence-corrected chi connectivity index (χ1v) is 8.13. The normalized spacial score (nSPS) is 17.8. The molecule has 2 aromatic heterocycles. The maximum Gasteiger partial charge on any atom is 0.254 e. The molecule has 0 aromatic carbocycles. The maximum atomic E-state index is 12.0. The molecule has 0 aliphatic carbocycles. The van der Waals surface area contributed by atoms with Crippen molar-refractivity contribution in [2.45, 2.75) is 12.6 Å². The van der Waals surface area contributed by atoms with E-state index in [1.54, 1.807) is 32.6 Å². The van der Waals surface area contributed by atoms with Gasteiger partial charge in [0.1, 0.15) is 5.82 Å². The summed E-state index contributed by atoms with van der Waals surface area (Å²) in [5.41, 5.74) is 0.482. The van der Waals surface area contributed by atoms with Crippen LogP contribution in [0.25, 0.3) is 0 Å². The van der Waals surface area contributed by atoms with Crippen LogP contribution in [0.1, 0.15) is 10.4 Å². The summed E-state index contributed by atoms with van der Waals surface area (Å²) in [5, 5.41) is 4.68. The Labute approximate surface area is 145 Å². The van der Waals surface area contributed by atoms with Crippen molar-refractivity contribution in [3.63, 3.8) is 0 Å². The van der Waals surface area contributed by atoms with Crippen molar-refractivity contribution < 1.29 is 9.53 Å². The van der Waals surface area contributed by atoms with Crippen molar-refractivity contribution in [2.24, 2.45) is 0 Å². The van der Waals surface area contributed by atoms with Crippen LogP contribution in [-0.2, 0) is 11.3 Å². The summed E-state index contributed by atoms with van der Waals surface area (Å²) in [6.07, 6.45) is 5.25. The average molecular weight is 350 g/mol. The number of ether oxygens (including phenoxy) is 1. The summed E-state index contributed by atoms with van der Waals surface area (Å²) in [4.78, 5) is 20.0. The Morgan fingerprint density at radius 1 is 1.50 bits per heavy atom. The van der Waals surface area contributed by atoms with Crippen LogP contribution in [0.15, 0.2) is 30.7 Å². The molecule has 1 saturated heterocycles. The fourth-order valence-corrected chi connectivity index (χ4v) is 2.96. The standard InChI is InChI=1S/C16H20ClN5O2/c1-20(2)16(23)12-8-14(17)15(18-9-12)21-6-7-24-13(10-21)11-22-5-3-4-19-22/h3-5,8-9,13H,6-7,10-11H2,1-2H3. The largest absolute Gasteiger partial charge is 0.373 e. The van der Waals surface area contributed by atoms with Crippen LogP contribution in [0.5, 0.6) is 0 Å². The van der Waals surface area contributed by atoms with Crippen molar-refractivity contribution in [1.29, 1.82) is 0 Å². The number of rotatable bonds is 4. The third kappa shape index (κ3) is 3.68.